The van der Waals surface area contributed by atoms with Crippen molar-refractivity contribution < 1.29 is 14.3 Å². The summed E-state index contributed by atoms with van der Waals surface area (Å²) in [5.41, 5.74) is 2.05. The Labute approximate surface area is 158 Å². The van der Waals surface area contributed by atoms with Crippen molar-refractivity contribution >= 4 is 17.5 Å². The van der Waals surface area contributed by atoms with Crippen molar-refractivity contribution in [3.05, 3.63) is 64.7 Å². The highest BCUT2D eigenvalue weighted by Gasteiger charge is 2.16. The number of morpholine rings is 1. The van der Waals surface area contributed by atoms with E-state index in [4.69, 9.17) is 21.1 Å². The van der Waals surface area contributed by atoms with E-state index in [0.29, 0.717) is 43.6 Å². The molecule has 1 atom stereocenters. The molecule has 1 saturated heterocycles. The Morgan fingerprint density at radius 3 is 2.73 bits per heavy atom. The van der Waals surface area contributed by atoms with Crippen molar-refractivity contribution in [3.8, 4) is 5.75 Å². The molecule has 138 valence electrons. The second kappa shape index (κ2) is 9.57. The van der Waals surface area contributed by atoms with Crippen molar-refractivity contribution in [3.63, 3.8) is 0 Å². The number of benzene rings is 2. The van der Waals surface area contributed by atoms with Crippen LogP contribution in [0.1, 0.15) is 17.5 Å². The summed E-state index contributed by atoms with van der Waals surface area (Å²) in [6.45, 7) is 2.94. The topological polar surface area (TPSA) is 59.6 Å². The van der Waals surface area contributed by atoms with Gasteiger partial charge < -0.3 is 20.1 Å². The van der Waals surface area contributed by atoms with E-state index in [1.807, 2.05) is 42.5 Å². The Morgan fingerprint density at radius 1 is 1.19 bits per heavy atom. The number of para-hydroxylation sites is 1. The van der Waals surface area contributed by atoms with E-state index in [2.05, 4.69) is 10.6 Å². The molecule has 1 heterocycles. The summed E-state index contributed by atoms with van der Waals surface area (Å²) in [7, 11) is 0. The number of nitrogens with one attached hydrogen (secondary N) is 2. The maximum atomic E-state index is 12.2. The van der Waals surface area contributed by atoms with Gasteiger partial charge in [0.25, 0.3) is 0 Å². The lowest BCUT2D eigenvalue weighted by atomic mass is 10.1. The van der Waals surface area contributed by atoms with Gasteiger partial charge in [0.05, 0.1) is 18.2 Å². The van der Waals surface area contributed by atoms with Crippen molar-refractivity contribution in [1.82, 2.24) is 10.6 Å². The number of amides is 1. The third kappa shape index (κ3) is 5.46. The van der Waals surface area contributed by atoms with Crippen LogP contribution in [-0.4, -0.2) is 31.7 Å². The Kier molecular flexibility index (Phi) is 6.89. The van der Waals surface area contributed by atoms with Crippen molar-refractivity contribution in [1.29, 1.82) is 0 Å². The van der Waals surface area contributed by atoms with Crippen LogP contribution >= 0.6 is 11.6 Å². The molecule has 1 aliphatic rings. The number of ether oxygens (including phenoxy) is 2. The lowest BCUT2D eigenvalue weighted by molar-refractivity contribution is -0.122. The van der Waals surface area contributed by atoms with Gasteiger partial charge in [-0.2, -0.15) is 0 Å². The lowest BCUT2D eigenvalue weighted by Crippen LogP contribution is -2.44. The summed E-state index contributed by atoms with van der Waals surface area (Å²) >= 11 is 6.13. The fourth-order valence-corrected chi connectivity index (χ4v) is 3.02. The zero-order chi connectivity index (χ0) is 18.2. The predicted octanol–water partition coefficient (Wildman–Crippen LogP) is 2.91. The molecule has 3 rings (SSSR count). The second-order valence-electron chi connectivity index (χ2n) is 6.19. The van der Waals surface area contributed by atoms with Gasteiger partial charge in [-0.15, -0.1) is 0 Å². The fraction of sp³-hybridized carbons (Fsp3) is 0.350. The van der Waals surface area contributed by atoms with Gasteiger partial charge in [0.15, 0.2) is 0 Å². The molecular weight excluding hydrogens is 352 g/mol. The molecule has 1 amide bonds. The van der Waals surface area contributed by atoms with E-state index < -0.39 is 0 Å². The lowest BCUT2D eigenvalue weighted by Gasteiger charge is -2.23. The first kappa shape index (κ1) is 18.7. The maximum absolute atomic E-state index is 12.2. The molecule has 0 bridgehead atoms. The third-order valence-corrected chi connectivity index (χ3v) is 4.56. The largest absolute Gasteiger partial charge is 0.487 e. The third-order valence-electron chi connectivity index (χ3n) is 4.24. The molecule has 0 saturated carbocycles. The van der Waals surface area contributed by atoms with Crippen LogP contribution in [0, 0.1) is 0 Å². The SMILES string of the molecule is O=C(CC1COCCN1)NCc1ccccc1COc1ccccc1Cl. The van der Waals surface area contributed by atoms with E-state index in [1.54, 1.807) is 6.07 Å². The zero-order valence-corrected chi connectivity index (χ0v) is 15.3. The number of hydrogen-bond acceptors (Lipinski definition) is 4. The summed E-state index contributed by atoms with van der Waals surface area (Å²) in [6.07, 6.45) is 0.415. The van der Waals surface area contributed by atoms with Crippen molar-refractivity contribution in [2.75, 3.05) is 19.8 Å². The van der Waals surface area contributed by atoms with Gasteiger partial charge in [0.1, 0.15) is 12.4 Å². The van der Waals surface area contributed by atoms with E-state index in [-0.39, 0.29) is 11.9 Å². The molecule has 2 N–H and O–H groups in total. The summed E-state index contributed by atoms with van der Waals surface area (Å²) in [5.74, 6) is 0.659. The molecule has 6 heteroatoms. The molecule has 5 nitrogen and oxygen atoms in total. The summed E-state index contributed by atoms with van der Waals surface area (Å²) in [6, 6.07) is 15.4. The molecule has 1 fully saturated rings. The Balaban J connectivity index is 1.53. The van der Waals surface area contributed by atoms with Crippen LogP contribution in [0.25, 0.3) is 0 Å². The minimum absolute atomic E-state index is 0.00910. The average Bonchev–Trinajstić information content (AvgIpc) is 2.67. The standard InChI is InChI=1S/C20H23ClN2O3/c21-18-7-3-4-8-19(18)26-13-16-6-2-1-5-15(16)12-23-20(24)11-17-14-25-10-9-22-17/h1-8,17,22H,9-14H2,(H,23,24). The fourth-order valence-electron chi connectivity index (χ4n) is 2.83. The Morgan fingerprint density at radius 2 is 1.96 bits per heavy atom. The summed E-state index contributed by atoms with van der Waals surface area (Å²) in [5, 5.41) is 6.85. The predicted molar refractivity (Wildman–Crippen MR) is 101 cm³/mol. The first-order valence-electron chi connectivity index (χ1n) is 8.74. The van der Waals surface area contributed by atoms with Crippen LogP contribution in [0.3, 0.4) is 0 Å². The number of carbonyl (C=O) groups excluding carboxylic acids is 1. The van der Waals surface area contributed by atoms with Gasteiger partial charge in [-0.1, -0.05) is 48.0 Å². The van der Waals surface area contributed by atoms with Crippen LogP contribution < -0.4 is 15.4 Å². The number of halogens is 1. The van der Waals surface area contributed by atoms with Crippen LogP contribution in [0.2, 0.25) is 5.02 Å². The minimum Gasteiger partial charge on any atom is -0.487 e. The Bertz CT molecular complexity index is 733. The van der Waals surface area contributed by atoms with Crippen LogP contribution in [0.4, 0.5) is 0 Å². The van der Waals surface area contributed by atoms with Crippen molar-refractivity contribution in [2.45, 2.75) is 25.6 Å². The molecular formula is C20H23ClN2O3. The zero-order valence-electron chi connectivity index (χ0n) is 14.5. The van der Waals surface area contributed by atoms with Gasteiger partial charge in [-0.05, 0) is 23.3 Å². The quantitative estimate of drug-likeness (QED) is 0.782. The molecule has 0 radical (unpaired) electrons. The molecule has 0 aromatic heterocycles. The van der Waals surface area contributed by atoms with Crippen LogP contribution in [0.5, 0.6) is 5.75 Å². The van der Waals surface area contributed by atoms with Gasteiger partial charge >= 0.3 is 0 Å². The highest BCUT2D eigenvalue weighted by atomic mass is 35.5. The number of hydrogen-bond donors (Lipinski definition) is 2. The maximum Gasteiger partial charge on any atom is 0.221 e. The van der Waals surface area contributed by atoms with Crippen LogP contribution in [-0.2, 0) is 22.7 Å². The molecule has 2 aromatic rings. The van der Waals surface area contributed by atoms with E-state index >= 15 is 0 Å². The van der Waals surface area contributed by atoms with Gasteiger partial charge in [-0.3, -0.25) is 4.79 Å². The van der Waals surface area contributed by atoms with Gasteiger partial charge in [0.2, 0.25) is 5.91 Å². The second-order valence-corrected chi connectivity index (χ2v) is 6.60. The van der Waals surface area contributed by atoms with E-state index in [9.17, 15) is 4.79 Å². The highest BCUT2D eigenvalue weighted by molar-refractivity contribution is 6.32. The van der Waals surface area contributed by atoms with E-state index in [1.165, 1.54) is 0 Å². The summed E-state index contributed by atoms with van der Waals surface area (Å²) < 4.78 is 11.2. The Hall–Kier alpha value is -2.08. The smallest absolute Gasteiger partial charge is 0.221 e. The molecule has 0 aliphatic carbocycles. The molecule has 2 aromatic carbocycles. The van der Waals surface area contributed by atoms with Gasteiger partial charge in [-0.25, -0.2) is 0 Å². The first-order valence-corrected chi connectivity index (χ1v) is 9.12. The normalized spacial score (nSPS) is 16.9. The highest BCUT2D eigenvalue weighted by Crippen LogP contribution is 2.24. The molecule has 1 aliphatic heterocycles. The van der Waals surface area contributed by atoms with Crippen LogP contribution in [0.15, 0.2) is 48.5 Å². The molecule has 26 heavy (non-hydrogen) atoms. The number of carbonyl (C=O) groups is 1. The van der Waals surface area contributed by atoms with E-state index in [0.717, 1.165) is 17.7 Å². The first-order chi connectivity index (χ1) is 12.7. The molecule has 0 spiro atoms. The molecule has 1 unspecified atom stereocenters. The average molecular weight is 375 g/mol. The van der Waals surface area contributed by atoms with Gasteiger partial charge in [0, 0.05) is 25.6 Å². The summed E-state index contributed by atoms with van der Waals surface area (Å²) in [4.78, 5) is 12.2. The number of rotatable bonds is 7. The monoisotopic (exact) mass is 374 g/mol. The van der Waals surface area contributed by atoms with Crippen molar-refractivity contribution in [2.24, 2.45) is 0 Å². The minimum atomic E-state index is 0.00910.